The van der Waals surface area contributed by atoms with Crippen LogP contribution in [0.4, 0.5) is 0 Å². The molecule has 4 rings (SSSR count). The van der Waals surface area contributed by atoms with Crippen molar-refractivity contribution in [2.24, 2.45) is 5.92 Å². The Morgan fingerprint density at radius 2 is 1.71 bits per heavy atom. The molecule has 0 aliphatic carbocycles. The van der Waals surface area contributed by atoms with E-state index in [1.165, 1.54) is 10.5 Å². The lowest BCUT2D eigenvalue weighted by atomic mass is 10.0. The van der Waals surface area contributed by atoms with Gasteiger partial charge in [0.2, 0.25) is 0 Å². The second-order valence-corrected chi connectivity index (χ2v) is 8.74. The quantitative estimate of drug-likeness (QED) is 0.464. The zero-order valence-electron chi connectivity index (χ0n) is 16.2. The van der Waals surface area contributed by atoms with Crippen LogP contribution in [0.1, 0.15) is 26.3 Å². The molecule has 0 aliphatic rings. The van der Waals surface area contributed by atoms with Crippen molar-refractivity contribution in [1.82, 2.24) is 0 Å². The maximum atomic E-state index is 12.9. The zero-order valence-corrected chi connectivity index (χ0v) is 17.1. The van der Waals surface area contributed by atoms with Gasteiger partial charge in [-0.2, -0.15) is 5.26 Å². The molecule has 0 amide bonds. The number of hydrogen-bond donors (Lipinski definition) is 0. The van der Waals surface area contributed by atoms with Crippen molar-refractivity contribution in [3.8, 4) is 6.07 Å². The van der Waals surface area contributed by atoms with E-state index in [9.17, 15) is 10.1 Å². The first-order valence-electron chi connectivity index (χ1n) is 9.48. The van der Waals surface area contributed by atoms with Gasteiger partial charge in [0.25, 0.3) is 0 Å². The first-order valence-corrected chi connectivity index (χ1v) is 10.3. The molecule has 138 valence electrons. The monoisotopic (exact) mass is 383 g/mol. The maximum absolute atomic E-state index is 12.9. The summed E-state index contributed by atoms with van der Waals surface area (Å²) in [5.74, 6) is 0.645. The van der Waals surface area contributed by atoms with E-state index in [4.69, 9.17) is 0 Å². The Balaban J connectivity index is 1.84. The molecule has 0 unspecified atom stereocenters. The summed E-state index contributed by atoms with van der Waals surface area (Å²) in [6.07, 6.45) is 1.08. The van der Waals surface area contributed by atoms with Crippen molar-refractivity contribution in [2.45, 2.75) is 37.0 Å². The lowest BCUT2D eigenvalue weighted by Crippen LogP contribution is -2.21. The summed E-state index contributed by atoms with van der Waals surface area (Å²) in [5, 5.41) is 13.5. The van der Waals surface area contributed by atoms with E-state index in [0.717, 1.165) is 27.5 Å². The Morgan fingerprint density at radius 3 is 2.39 bits per heavy atom. The second-order valence-electron chi connectivity index (χ2n) is 7.62. The second kappa shape index (κ2) is 7.30. The van der Waals surface area contributed by atoms with E-state index in [2.05, 4.69) is 56.3 Å². The molecule has 3 heteroatoms. The summed E-state index contributed by atoms with van der Waals surface area (Å²) in [5.41, 5.74) is 1.79. The van der Waals surface area contributed by atoms with Crippen LogP contribution in [-0.4, -0.2) is 0 Å². The van der Waals surface area contributed by atoms with Crippen LogP contribution in [0.3, 0.4) is 0 Å². The zero-order chi connectivity index (χ0) is 19.8. The number of hydrogen-bond acceptors (Lipinski definition) is 3. The van der Waals surface area contributed by atoms with E-state index in [1.54, 1.807) is 18.7 Å². The Kier molecular flexibility index (Phi) is 4.83. The number of nitrogens with zero attached hydrogens (tertiary/aromatic N) is 1. The van der Waals surface area contributed by atoms with E-state index in [-0.39, 0.29) is 5.43 Å². The van der Waals surface area contributed by atoms with Gasteiger partial charge in [0.15, 0.2) is 5.43 Å². The summed E-state index contributed by atoms with van der Waals surface area (Å²) < 4.78 is 0. The number of rotatable bonds is 4. The van der Waals surface area contributed by atoms with Crippen molar-refractivity contribution < 1.29 is 0 Å². The van der Waals surface area contributed by atoms with Gasteiger partial charge in [0.05, 0.1) is 6.07 Å². The van der Waals surface area contributed by atoms with E-state index in [0.29, 0.717) is 22.1 Å². The van der Waals surface area contributed by atoms with Gasteiger partial charge in [-0.15, -0.1) is 0 Å². The molecule has 0 heterocycles. The first kappa shape index (κ1) is 18.5. The topological polar surface area (TPSA) is 40.9 Å². The molecule has 0 saturated heterocycles. The molecule has 0 spiro atoms. The van der Waals surface area contributed by atoms with Crippen LogP contribution in [-0.2, 0) is 6.42 Å². The molecule has 28 heavy (non-hydrogen) atoms. The lowest BCUT2D eigenvalue weighted by molar-refractivity contribution is 0.647. The summed E-state index contributed by atoms with van der Waals surface area (Å²) in [6, 6.07) is 20.8. The van der Waals surface area contributed by atoms with Crippen molar-refractivity contribution in [1.29, 1.82) is 5.26 Å². The van der Waals surface area contributed by atoms with Crippen LogP contribution in [0.5, 0.6) is 0 Å². The maximum Gasteiger partial charge on any atom is 0.195 e. The van der Waals surface area contributed by atoms with Gasteiger partial charge in [0, 0.05) is 31.4 Å². The Morgan fingerprint density at radius 1 is 1.00 bits per heavy atom. The molecule has 0 bridgehead atoms. The highest BCUT2D eigenvalue weighted by Crippen LogP contribution is 2.36. The molecule has 0 aromatic heterocycles. The van der Waals surface area contributed by atoms with E-state index in [1.807, 2.05) is 18.2 Å². The summed E-state index contributed by atoms with van der Waals surface area (Å²) in [6.45, 7) is 6.17. The van der Waals surface area contributed by atoms with Crippen LogP contribution in [0.2, 0.25) is 0 Å². The van der Waals surface area contributed by atoms with Gasteiger partial charge in [-0.05, 0) is 53.8 Å². The highest BCUT2D eigenvalue weighted by atomic mass is 32.2. The van der Waals surface area contributed by atoms with Crippen LogP contribution in [0, 0.1) is 17.2 Å². The van der Waals surface area contributed by atoms with Crippen molar-refractivity contribution >= 4 is 38.9 Å². The molecule has 4 aromatic rings. The van der Waals surface area contributed by atoms with Gasteiger partial charge in [-0.25, -0.2) is 0 Å². The average molecular weight is 384 g/mol. The fraction of sp³-hybridized carbons (Fsp3) is 0.200. The highest BCUT2D eigenvalue weighted by molar-refractivity contribution is 7.99. The third-order valence-electron chi connectivity index (χ3n) is 5.08. The number of nitriles is 1. The van der Waals surface area contributed by atoms with Gasteiger partial charge in [0.1, 0.15) is 0 Å². The van der Waals surface area contributed by atoms with Gasteiger partial charge >= 0.3 is 0 Å². The standard InChI is InChI=1S/C25H21NOS/c1-15(2)13-17-7-9-18(10-8-17)28-22-12-11-20-23(16(3)14-26)25(27)21-6-4-5-19(22)24(20)21/h4-12,15H,13H2,1-3H3/b23-16-. The predicted molar refractivity (Wildman–Crippen MR) is 118 cm³/mol. The number of benzene rings is 3. The predicted octanol–water partition coefficient (Wildman–Crippen LogP) is 5.55. The first-order chi connectivity index (χ1) is 13.5. The fourth-order valence-corrected chi connectivity index (χ4v) is 4.79. The lowest BCUT2D eigenvalue weighted by Gasteiger charge is -2.09. The molecular weight excluding hydrogens is 362 g/mol. The third kappa shape index (κ3) is 3.15. The SMILES string of the molecule is C/C(C#N)=c1/c(=O)c2cccc3c(Sc4ccc(CC(C)C)cc4)ccc1c32. The minimum atomic E-state index is -0.0418. The molecule has 0 radical (unpaired) electrons. The van der Waals surface area contributed by atoms with E-state index < -0.39 is 0 Å². The van der Waals surface area contributed by atoms with Crippen molar-refractivity contribution in [3.63, 3.8) is 0 Å². The largest absolute Gasteiger partial charge is 0.289 e. The molecule has 0 atom stereocenters. The van der Waals surface area contributed by atoms with Crippen LogP contribution in [0.25, 0.3) is 27.1 Å². The minimum Gasteiger partial charge on any atom is -0.289 e. The summed E-state index contributed by atoms with van der Waals surface area (Å²) in [7, 11) is 0. The molecule has 0 aliphatic heterocycles. The third-order valence-corrected chi connectivity index (χ3v) is 6.16. The van der Waals surface area contributed by atoms with Crippen molar-refractivity contribution in [2.75, 3.05) is 0 Å². The summed E-state index contributed by atoms with van der Waals surface area (Å²) in [4.78, 5) is 15.2. The molecule has 0 N–H and O–H groups in total. The molecule has 0 fully saturated rings. The average Bonchev–Trinajstić information content (AvgIpc) is 2.98. The minimum absolute atomic E-state index is 0.0418. The molecular formula is C25H21NOS. The van der Waals surface area contributed by atoms with Crippen LogP contribution < -0.4 is 10.6 Å². The highest BCUT2D eigenvalue weighted by Gasteiger charge is 2.15. The molecule has 2 nitrogen and oxygen atoms in total. The Labute approximate surface area is 168 Å². The van der Waals surface area contributed by atoms with Crippen LogP contribution >= 0.6 is 11.8 Å². The normalized spacial score (nSPS) is 12.7. The smallest absolute Gasteiger partial charge is 0.195 e. The van der Waals surface area contributed by atoms with Crippen LogP contribution in [0.15, 0.2) is 69.2 Å². The van der Waals surface area contributed by atoms with Gasteiger partial charge in [-0.1, -0.05) is 62.0 Å². The molecule has 0 saturated carbocycles. The van der Waals surface area contributed by atoms with Gasteiger partial charge < -0.3 is 0 Å². The molecule has 4 aromatic carbocycles. The Bertz CT molecular complexity index is 1310. The van der Waals surface area contributed by atoms with E-state index >= 15 is 0 Å². The summed E-state index contributed by atoms with van der Waals surface area (Å²) >= 11 is 1.71. The fourth-order valence-electron chi connectivity index (χ4n) is 3.84. The van der Waals surface area contributed by atoms with Crippen molar-refractivity contribution in [3.05, 3.63) is 75.6 Å². The Hall–Kier alpha value is -2.83. The van der Waals surface area contributed by atoms with Gasteiger partial charge in [-0.3, -0.25) is 4.79 Å².